The molecule has 0 saturated carbocycles. The number of ether oxygens (including phenoxy) is 1. The standard InChI is InChI=1S/C25H51N2O/c1-4-7-8-9-10-11-12-13-14-15-16-17-18-19-23-28-24-27-22-21-26(6-3)25(27)20-5-2/h4-24H2,1-3H3/q+1. The Morgan fingerprint density at radius 1 is 0.714 bits per heavy atom. The van der Waals surface area contributed by atoms with Gasteiger partial charge in [0.1, 0.15) is 13.1 Å². The fourth-order valence-electron chi connectivity index (χ4n) is 4.29. The van der Waals surface area contributed by atoms with Gasteiger partial charge in [-0.15, -0.1) is 0 Å². The van der Waals surface area contributed by atoms with Crippen LogP contribution < -0.4 is 0 Å². The highest BCUT2D eigenvalue weighted by Gasteiger charge is 2.27. The Labute approximate surface area is 176 Å². The maximum absolute atomic E-state index is 5.97. The predicted octanol–water partition coefficient (Wildman–Crippen LogP) is 6.99. The number of likely N-dealkylation sites (N-methyl/N-ethyl adjacent to an activating group) is 1. The highest BCUT2D eigenvalue weighted by atomic mass is 16.5. The van der Waals surface area contributed by atoms with Gasteiger partial charge in [-0.1, -0.05) is 97.3 Å². The Morgan fingerprint density at radius 2 is 1.25 bits per heavy atom. The maximum Gasteiger partial charge on any atom is 0.248 e. The number of unbranched alkanes of at least 4 members (excludes halogenated alkanes) is 13. The number of amidine groups is 1. The molecule has 0 aromatic heterocycles. The molecule has 1 aliphatic heterocycles. The molecule has 0 radical (unpaired) electrons. The van der Waals surface area contributed by atoms with Crippen LogP contribution in [0.1, 0.15) is 124 Å². The zero-order chi connectivity index (χ0) is 20.3. The lowest BCUT2D eigenvalue weighted by Crippen LogP contribution is -2.29. The molecule has 0 N–H and O–H groups in total. The van der Waals surface area contributed by atoms with Crippen LogP contribution in [0.3, 0.4) is 0 Å². The summed E-state index contributed by atoms with van der Waals surface area (Å²) in [6.07, 6.45) is 22.2. The summed E-state index contributed by atoms with van der Waals surface area (Å²) in [7, 11) is 0. The highest BCUT2D eigenvalue weighted by molar-refractivity contribution is 5.78. The second-order valence-electron chi connectivity index (χ2n) is 8.64. The normalized spacial score (nSPS) is 14.5. The highest BCUT2D eigenvalue weighted by Crippen LogP contribution is 2.13. The number of hydrogen-bond acceptors (Lipinski definition) is 2. The number of nitrogens with zero attached hydrogens (tertiary/aromatic N) is 2. The Kier molecular flexibility index (Phi) is 16.8. The van der Waals surface area contributed by atoms with Crippen LogP contribution in [0.2, 0.25) is 0 Å². The van der Waals surface area contributed by atoms with E-state index in [9.17, 15) is 0 Å². The molecule has 3 heteroatoms. The molecular weight excluding hydrogens is 344 g/mol. The van der Waals surface area contributed by atoms with Crippen LogP contribution in [0, 0.1) is 0 Å². The first kappa shape index (κ1) is 25.5. The summed E-state index contributed by atoms with van der Waals surface area (Å²) >= 11 is 0. The Hall–Kier alpha value is -0.570. The minimum Gasteiger partial charge on any atom is -0.342 e. The fraction of sp³-hybridized carbons (Fsp3) is 0.960. The average molecular weight is 396 g/mol. The smallest absolute Gasteiger partial charge is 0.248 e. The molecule has 0 aliphatic carbocycles. The number of hydrogen-bond donors (Lipinski definition) is 0. The van der Waals surface area contributed by atoms with Gasteiger partial charge >= 0.3 is 0 Å². The van der Waals surface area contributed by atoms with Crippen molar-refractivity contribution in [2.45, 2.75) is 124 Å². The summed E-state index contributed by atoms with van der Waals surface area (Å²) < 4.78 is 8.43. The lowest BCUT2D eigenvalue weighted by atomic mass is 10.0. The summed E-state index contributed by atoms with van der Waals surface area (Å²) in [6, 6.07) is 0. The summed E-state index contributed by atoms with van der Waals surface area (Å²) in [5, 5.41) is 0. The van der Waals surface area contributed by atoms with E-state index in [1.54, 1.807) is 0 Å². The second-order valence-corrected chi connectivity index (χ2v) is 8.64. The first-order valence-corrected chi connectivity index (χ1v) is 12.8. The van der Waals surface area contributed by atoms with Crippen LogP contribution in [0.25, 0.3) is 0 Å². The topological polar surface area (TPSA) is 15.5 Å². The van der Waals surface area contributed by atoms with Gasteiger partial charge in [-0.3, -0.25) is 4.90 Å². The molecule has 0 fully saturated rings. The van der Waals surface area contributed by atoms with E-state index in [4.69, 9.17) is 4.74 Å². The molecule has 0 spiro atoms. The van der Waals surface area contributed by atoms with Crippen molar-refractivity contribution >= 4 is 5.84 Å². The van der Waals surface area contributed by atoms with Crippen LogP contribution in [0.5, 0.6) is 0 Å². The molecule has 1 aliphatic rings. The molecule has 0 unspecified atom stereocenters. The Balaban J connectivity index is 1.86. The largest absolute Gasteiger partial charge is 0.342 e. The van der Waals surface area contributed by atoms with E-state index >= 15 is 0 Å². The zero-order valence-electron chi connectivity index (χ0n) is 19.7. The van der Waals surface area contributed by atoms with Crippen LogP contribution in [-0.2, 0) is 4.74 Å². The van der Waals surface area contributed by atoms with Crippen molar-refractivity contribution < 1.29 is 9.31 Å². The van der Waals surface area contributed by atoms with Crippen molar-refractivity contribution in [3.8, 4) is 0 Å². The third kappa shape index (κ3) is 12.1. The quantitative estimate of drug-likeness (QED) is 0.163. The summed E-state index contributed by atoms with van der Waals surface area (Å²) in [6.45, 7) is 12.0. The van der Waals surface area contributed by atoms with Gasteiger partial charge in [0, 0.05) is 6.42 Å². The van der Waals surface area contributed by atoms with Gasteiger partial charge in [0.25, 0.3) is 0 Å². The van der Waals surface area contributed by atoms with Crippen molar-refractivity contribution in [2.75, 3.05) is 33.0 Å². The van der Waals surface area contributed by atoms with Crippen LogP contribution in [-0.4, -0.2) is 48.3 Å². The molecule has 0 aromatic carbocycles. The molecule has 166 valence electrons. The SMILES string of the molecule is CCCCCCCCCCCCCCCCOC[N+]1=C(CCC)N(CC)CC1. The summed E-state index contributed by atoms with van der Waals surface area (Å²) in [5.41, 5.74) is 0. The first-order valence-electron chi connectivity index (χ1n) is 12.8. The molecule has 1 rings (SSSR count). The van der Waals surface area contributed by atoms with Gasteiger partial charge in [0.2, 0.25) is 5.84 Å². The Morgan fingerprint density at radius 3 is 1.75 bits per heavy atom. The molecule has 0 bridgehead atoms. The van der Waals surface area contributed by atoms with Crippen molar-refractivity contribution in [2.24, 2.45) is 0 Å². The van der Waals surface area contributed by atoms with Crippen molar-refractivity contribution in [1.29, 1.82) is 0 Å². The van der Waals surface area contributed by atoms with Crippen molar-refractivity contribution in [3.05, 3.63) is 0 Å². The lowest BCUT2D eigenvalue weighted by Gasteiger charge is -2.10. The molecule has 28 heavy (non-hydrogen) atoms. The molecule has 0 aromatic rings. The third-order valence-electron chi connectivity index (χ3n) is 6.11. The van der Waals surface area contributed by atoms with Crippen LogP contribution in [0.15, 0.2) is 0 Å². The van der Waals surface area contributed by atoms with E-state index in [0.717, 1.165) is 26.4 Å². The Bertz CT molecular complexity index is 381. The van der Waals surface area contributed by atoms with E-state index in [0.29, 0.717) is 0 Å². The molecular formula is C25H51N2O+. The lowest BCUT2D eigenvalue weighted by molar-refractivity contribution is -0.560. The maximum atomic E-state index is 5.97. The van der Waals surface area contributed by atoms with Crippen molar-refractivity contribution in [3.63, 3.8) is 0 Å². The van der Waals surface area contributed by atoms with Gasteiger partial charge in [0.05, 0.1) is 13.2 Å². The fourth-order valence-corrected chi connectivity index (χ4v) is 4.29. The van der Waals surface area contributed by atoms with Crippen molar-refractivity contribution in [1.82, 2.24) is 4.90 Å². The van der Waals surface area contributed by atoms with Gasteiger partial charge < -0.3 is 4.74 Å². The first-order chi connectivity index (χ1) is 13.8. The molecule has 1 heterocycles. The molecule has 0 saturated heterocycles. The molecule has 3 nitrogen and oxygen atoms in total. The minimum atomic E-state index is 0.796. The predicted molar refractivity (Wildman–Crippen MR) is 123 cm³/mol. The number of rotatable bonds is 20. The summed E-state index contributed by atoms with van der Waals surface area (Å²) in [5.74, 6) is 1.51. The monoisotopic (exact) mass is 395 g/mol. The van der Waals surface area contributed by atoms with E-state index in [-0.39, 0.29) is 0 Å². The minimum absolute atomic E-state index is 0.796. The van der Waals surface area contributed by atoms with Gasteiger partial charge in [-0.05, 0) is 19.8 Å². The zero-order valence-corrected chi connectivity index (χ0v) is 19.7. The third-order valence-corrected chi connectivity index (χ3v) is 6.11. The average Bonchev–Trinajstić information content (AvgIpc) is 3.09. The van der Waals surface area contributed by atoms with E-state index in [1.165, 1.54) is 115 Å². The van der Waals surface area contributed by atoms with Crippen LogP contribution in [0.4, 0.5) is 0 Å². The van der Waals surface area contributed by atoms with E-state index in [2.05, 4.69) is 30.2 Å². The van der Waals surface area contributed by atoms with Gasteiger partial charge in [-0.2, -0.15) is 0 Å². The van der Waals surface area contributed by atoms with Crippen LogP contribution >= 0.6 is 0 Å². The van der Waals surface area contributed by atoms with Gasteiger partial charge in [0.15, 0.2) is 6.73 Å². The molecule has 0 atom stereocenters. The van der Waals surface area contributed by atoms with E-state index in [1.807, 2.05) is 0 Å². The second kappa shape index (κ2) is 18.5. The van der Waals surface area contributed by atoms with E-state index < -0.39 is 0 Å². The molecule has 0 amide bonds. The summed E-state index contributed by atoms with van der Waals surface area (Å²) in [4.78, 5) is 2.51. The van der Waals surface area contributed by atoms with Gasteiger partial charge in [-0.25, -0.2) is 4.58 Å².